The van der Waals surface area contributed by atoms with Crippen LogP contribution in [0.1, 0.15) is 118 Å². The molecule has 17 heteroatoms. The predicted molar refractivity (Wildman–Crippen MR) is 240 cm³/mol. The molecule has 5 aliphatic rings. The molecule has 5 amide bonds. The topological polar surface area (TPSA) is 203 Å². The van der Waals surface area contributed by atoms with Gasteiger partial charge in [0.2, 0.25) is 33.6 Å². The average Bonchev–Trinajstić information content (AvgIpc) is 4.08. The number of fused-ring (bicyclic) bond motifs is 5. The van der Waals surface area contributed by atoms with Gasteiger partial charge in [0.1, 0.15) is 35.6 Å². The summed E-state index contributed by atoms with van der Waals surface area (Å²) in [6.07, 6.45) is 7.35. The molecule has 64 heavy (non-hydrogen) atoms. The van der Waals surface area contributed by atoms with Crippen LogP contribution in [0.2, 0.25) is 0 Å². The molecule has 2 aromatic rings. The minimum atomic E-state index is -4.07. The Morgan fingerprint density at radius 3 is 2.50 bits per heavy atom. The summed E-state index contributed by atoms with van der Waals surface area (Å²) in [6, 6.07) is 5.31. The van der Waals surface area contributed by atoms with Crippen molar-refractivity contribution in [2.24, 2.45) is 17.3 Å². The van der Waals surface area contributed by atoms with Gasteiger partial charge >= 0.3 is 6.09 Å². The molecule has 7 atom stereocenters. The number of hydrogen-bond donors (Lipinski definition) is 3. The summed E-state index contributed by atoms with van der Waals surface area (Å²) in [5.41, 5.74) is -1.23. The van der Waals surface area contributed by atoms with Gasteiger partial charge in [-0.1, -0.05) is 58.7 Å². The number of aromatic nitrogens is 1. The van der Waals surface area contributed by atoms with Crippen molar-refractivity contribution < 1.29 is 46.6 Å². The van der Waals surface area contributed by atoms with Crippen molar-refractivity contribution in [1.29, 1.82) is 0 Å². The number of nitrogens with zero attached hydrogens (tertiary/aromatic N) is 3. The normalized spacial score (nSPS) is 26.4. The fourth-order valence-corrected chi connectivity index (χ4v) is 10.3. The molecule has 1 aromatic heterocycles. The van der Waals surface area contributed by atoms with Gasteiger partial charge in [0, 0.05) is 37.2 Å². The standard InChI is InChI=1S/C47H66N6O10S/c1-8-29(2)47(7,43(57)51-64(59,60)46(6)21-22-46)50-40(55)35-27-31-28-53(35)42(56)39(45(3,4)5)49-44(58)63-36-26-30(36)16-10-9-11-18-33-38(61-25-15-24-52-23-14-20-37(52)54)32-17-12-13-19-34(32)48-41(33)62-31/h8,12-13,17,19,29-31,35-36,39H,1,9-11,14-16,18,20-28H2,2-7H3,(H,49,58)(H,50,55)(H,51,57)/t29-,30+,31+,35-,36+,39+,47?/m0/s1. The monoisotopic (exact) mass is 906 g/mol. The van der Waals surface area contributed by atoms with Crippen LogP contribution in [-0.2, 0) is 40.4 Å². The number of para-hydroxylation sites is 1. The maximum absolute atomic E-state index is 14.9. The number of benzene rings is 1. The lowest BCUT2D eigenvalue weighted by Gasteiger charge is -2.37. The highest BCUT2D eigenvalue weighted by atomic mass is 32.2. The summed E-state index contributed by atoms with van der Waals surface area (Å²) in [5.74, 6) is -1.60. The number of alkyl carbamates (subject to hydrolysis) is 1. The molecule has 350 valence electrons. The highest BCUT2D eigenvalue weighted by Gasteiger charge is 2.54. The highest BCUT2D eigenvalue weighted by molar-refractivity contribution is 7.91. The molecule has 3 aliphatic heterocycles. The van der Waals surface area contributed by atoms with Crippen LogP contribution in [0.25, 0.3) is 10.9 Å². The van der Waals surface area contributed by atoms with E-state index < -0.39 is 73.6 Å². The van der Waals surface area contributed by atoms with Crippen LogP contribution in [0.3, 0.4) is 0 Å². The minimum absolute atomic E-state index is 0.0207. The van der Waals surface area contributed by atoms with Gasteiger partial charge in [-0.15, -0.1) is 6.58 Å². The summed E-state index contributed by atoms with van der Waals surface area (Å²) >= 11 is 0. The number of hydrogen-bond acceptors (Lipinski definition) is 11. The summed E-state index contributed by atoms with van der Waals surface area (Å²) in [5, 5.41) is 6.47. The van der Waals surface area contributed by atoms with Gasteiger partial charge in [-0.05, 0) is 88.7 Å². The van der Waals surface area contributed by atoms with E-state index in [4.69, 9.17) is 19.2 Å². The Morgan fingerprint density at radius 1 is 1.06 bits per heavy atom. The van der Waals surface area contributed by atoms with Crippen molar-refractivity contribution in [2.75, 3.05) is 26.2 Å². The maximum Gasteiger partial charge on any atom is 0.408 e. The zero-order chi connectivity index (χ0) is 46.2. The van der Waals surface area contributed by atoms with Gasteiger partial charge in [-0.2, -0.15) is 0 Å². The number of carbonyl (C=O) groups is 5. The van der Waals surface area contributed by atoms with E-state index in [0.717, 1.165) is 56.0 Å². The quantitative estimate of drug-likeness (QED) is 0.184. The van der Waals surface area contributed by atoms with E-state index in [1.807, 2.05) is 49.9 Å². The lowest BCUT2D eigenvalue weighted by Crippen LogP contribution is -2.65. The molecule has 16 nitrogen and oxygen atoms in total. The molecule has 1 unspecified atom stereocenters. The molecular weight excluding hydrogens is 841 g/mol. The van der Waals surface area contributed by atoms with E-state index in [0.29, 0.717) is 62.4 Å². The molecule has 0 radical (unpaired) electrons. The first kappa shape index (κ1) is 47.0. The SMILES string of the molecule is C=C[C@H](C)C(C)(NC(=O)[C@@H]1C[C@@H]2CN1C(=O)[C@H](C(C)(C)C)NC(=O)O[C@@H]1C[C@H]1CCCCCc1c(nc3ccccc3c1OCCCN1CCCC1=O)O2)C(=O)NS(=O)(=O)C1(C)CC1. The Morgan fingerprint density at radius 2 is 1.81 bits per heavy atom. The van der Waals surface area contributed by atoms with Gasteiger partial charge in [-0.25, -0.2) is 18.2 Å². The zero-order valence-corrected chi connectivity index (χ0v) is 39.0. The van der Waals surface area contributed by atoms with Gasteiger partial charge in [-0.3, -0.25) is 23.9 Å². The van der Waals surface area contributed by atoms with E-state index in [-0.39, 0.29) is 30.9 Å². The number of carbonyl (C=O) groups excluding carboxylic acids is 5. The number of sulfonamides is 1. The zero-order valence-electron chi connectivity index (χ0n) is 38.2. The lowest BCUT2D eigenvalue weighted by atomic mass is 9.85. The van der Waals surface area contributed by atoms with Crippen LogP contribution in [0, 0.1) is 17.3 Å². The average molecular weight is 907 g/mol. The Balaban J connectivity index is 1.23. The fourth-order valence-electron chi connectivity index (χ4n) is 8.99. The fraction of sp³-hybridized carbons (Fsp3) is 0.660. The Labute approximate surface area is 377 Å². The summed E-state index contributed by atoms with van der Waals surface area (Å²) in [4.78, 5) is 77.7. The third-order valence-electron chi connectivity index (χ3n) is 14.0. The van der Waals surface area contributed by atoms with Crippen molar-refractivity contribution in [1.82, 2.24) is 30.1 Å². The molecule has 2 saturated heterocycles. The van der Waals surface area contributed by atoms with E-state index in [1.54, 1.807) is 13.8 Å². The third-order valence-corrected chi connectivity index (χ3v) is 16.1. The molecule has 3 N–H and O–H groups in total. The van der Waals surface area contributed by atoms with Crippen LogP contribution in [0.4, 0.5) is 4.79 Å². The van der Waals surface area contributed by atoms with E-state index in [1.165, 1.54) is 17.9 Å². The third kappa shape index (κ3) is 10.1. The molecule has 1 aromatic carbocycles. The summed E-state index contributed by atoms with van der Waals surface area (Å²) in [6.45, 7) is 15.5. The van der Waals surface area contributed by atoms with Crippen molar-refractivity contribution in [2.45, 2.75) is 153 Å². The van der Waals surface area contributed by atoms with Crippen LogP contribution < -0.4 is 24.8 Å². The summed E-state index contributed by atoms with van der Waals surface area (Å²) in [7, 11) is -4.07. The van der Waals surface area contributed by atoms with Gasteiger partial charge in [0.25, 0.3) is 5.91 Å². The van der Waals surface area contributed by atoms with Crippen LogP contribution in [0.5, 0.6) is 11.6 Å². The van der Waals surface area contributed by atoms with E-state index in [2.05, 4.69) is 21.9 Å². The van der Waals surface area contributed by atoms with Gasteiger partial charge < -0.3 is 34.6 Å². The number of likely N-dealkylation sites (tertiary alicyclic amines) is 1. The van der Waals surface area contributed by atoms with Gasteiger partial charge in [0.05, 0.1) is 29.0 Å². The van der Waals surface area contributed by atoms with Crippen molar-refractivity contribution in [3.8, 4) is 11.6 Å². The predicted octanol–water partition coefficient (Wildman–Crippen LogP) is 5.32. The first-order chi connectivity index (χ1) is 30.2. The Hall–Kier alpha value is -4.93. The molecule has 4 fully saturated rings. The van der Waals surface area contributed by atoms with Crippen LogP contribution in [-0.4, -0.2) is 114 Å². The Bertz CT molecular complexity index is 2260. The molecule has 4 heterocycles. The smallest absolute Gasteiger partial charge is 0.408 e. The van der Waals surface area contributed by atoms with E-state index >= 15 is 0 Å². The number of rotatable bonds is 12. The second-order valence-corrected chi connectivity index (χ2v) is 22.2. The van der Waals surface area contributed by atoms with Crippen molar-refractivity contribution in [3.05, 3.63) is 42.5 Å². The molecule has 0 spiro atoms. The van der Waals surface area contributed by atoms with Crippen molar-refractivity contribution >= 4 is 50.6 Å². The molecule has 7 rings (SSSR count). The second-order valence-electron chi connectivity index (χ2n) is 20.0. The Kier molecular flexibility index (Phi) is 13.6. The number of nitrogens with one attached hydrogen (secondary N) is 3. The number of amides is 5. The number of ether oxygens (including phenoxy) is 3. The first-order valence-corrected chi connectivity index (χ1v) is 24.5. The molecule has 2 bridgehead atoms. The van der Waals surface area contributed by atoms with Crippen LogP contribution >= 0.6 is 0 Å². The molecule has 2 saturated carbocycles. The lowest BCUT2D eigenvalue weighted by molar-refractivity contribution is -0.143. The number of pyridine rings is 1. The minimum Gasteiger partial charge on any atom is -0.492 e. The van der Waals surface area contributed by atoms with Gasteiger partial charge in [0.15, 0.2) is 0 Å². The maximum atomic E-state index is 14.9. The molecular formula is C47H66N6O10S. The highest BCUT2D eigenvalue weighted by Crippen LogP contribution is 2.43. The van der Waals surface area contributed by atoms with Crippen LogP contribution in [0.15, 0.2) is 36.9 Å². The summed E-state index contributed by atoms with van der Waals surface area (Å²) < 4.78 is 46.9. The largest absolute Gasteiger partial charge is 0.492 e. The van der Waals surface area contributed by atoms with Crippen molar-refractivity contribution in [3.63, 3.8) is 0 Å². The first-order valence-electron chi connectivity index (χ1n) is 23.0. The molecule has 2 aliphatic carbocycles. The second kappa shape index (κ2) is 18.5. The van der Waals surface area contributed by atoms with E-state index in [9.17, 15) is 32.4 Å².